The van der Waals surface area contributed by atoms with Crippen molar-refractivity contribution >= 4 is 5.91 Å². The van der Waals surface area contributed by atoms with Gasteiger partial charge in [0.15, 0.2) is 6.79 Å². The second-order valence-electron chi connectivity index (χ2n) is 5.28. The number of nitrogens with one attached hydrogen (secondary N) is 1. The van der Waals surface area contributed by atoms with Crippen molar-refractivity contribution < 1.29 is 14.3 Å². The van der Waals surface area contributed by atoms with Gasteiger partial charge in [-0.15, -0.1) is 0 Å². The van der Waals surface area contributed by atoms with E-state index in [1.54, 1.807) is 7.11 Å². The molecule has 0 spiro atoms. The van der Waals surface area contributed by atoms with Gasteiger partial charge in [0.1, 0.15) is 5.75 Å². The smallest absolute Gasteiger partial charge is 0.220 e. The molecule has 0 unspecified atom stereocenters. The van der Waals surface area contributed by atoms with E-state index >= 15 is 0 Å². The zero-order valence-electron chi connectivity index (χ0n) is 13.5. The van der Waals surface area contributed by atoms with Gasteiger partial charge in [0.05, 0.1) is 0 Å². The molecule has 1 N–H and O–H groups in total. The largest absolute Gasteiger partial charge is 0.468 e. The van der Waals surface area contributed by atoms with Crippen LogP contribution in [0.3, 0.4) is 0 Å². The van der Waals surface area contributed by atoms with Crippen LogP contribution in [0.1, 0.15) is 17.5 Å². The molecule has 2 aromatic carbocycles. The first-order valence-corrected chi connectivity index (χ1v) is 7.79. The van der Waals surface area contributed by atoms with Crippen LogP contribution in [0.15, 0.2) is 54.6 Å². The molecule has 4 heteroatoms. The van der Waals surface area contributed by atoms with E-state index in [1.807, 2.05) is 42.5 Å². The highest BCUT2D eigenvalue weighted by Gasteiger charge is 2.03. The zero-order valence-corrected chi connectivity index (χ0v) is 13.5. The maximum atomic E-state index is 11.9. The molecule has 0 saturated carbocycles. The first-order valence-electron chi connectivity index (χ1n) is 7.79. The molecule has 0 aromatic heterocycles. The summed E-state index contributed by atoms with van der Waals surface area (Å²) in [6, 6.07) is 17.9. The molecule has 2 aromatic rings. The predicted octanol–water partition coefficient (Wildman–Crippen LogP) is 2.96. The number of ether oxygens (including phenoxy) is 2. The van der Waals surface area contributed by atoms with Crippen LogP contribution in [0.2, 0.25) is 0 Å². The Kier molecular flexibility index (Phi) is 7.14. The first-order chi connectivity index (χ1) is 11.3. The molecule has 0 heterocycles. The van der Waals surface area contributed by atoms with Crippen molar-refractivity contribution in [3.05, 3.63) is 65.7 Å². The fourth-order valence-electron chi connectivity index (χ4n) is 2.22. The minimum atomic E-state index is 0.0839. The Hall–Kier alpha value is -2.33. The van der Waals surface area contributed by atoms with Gasteiger partial charge in [-0.25, -0.2) is 0 Å². The number of benzene rings is 2. The maximum Gasteiger partial charge on any atom is 0.220 e. The Labute approximate surface area is 137 Å². The van der Waals surface area contributed by atoms with Crippen LogP contribution in [0.4, 0.5) is 0 Å². The summed E-state index contributed by atoms with van der Waals surface area (Å²) in [5.41, 5.74) is 2.35. The van der Waals surface area contributed by atoms with E-state index in [9.17, 15) is 4.79 Å². The highest BCUT2D eigenvalue weighted by molar-refractivity contribution is 5.76. The zero-order chi connectivity index (χ0) is 16.3. The van der Waals surface area contributed by atoms with Crippen LogP contribution in [-0.2, 0) is 22.4 Å². The van der Waals surface area contributed by atoms with Crippen molar-refractivity contribution in [1.29, 1.82) is 0 Å². The van der Waals surface area contributed by atoms with Gasteiger partial charge in [-0.2, -0.15) is 0 Å². The average Bonchev–Trinajstić information content (AvgIpc) is 2.60. The Morgan fingerprint density at radius 3 is 2.35 bits per heavy atom. The molecule has 0 aliphatic carbocycles. The molecule has 4 nitrogen and oxygen atoms in total. The van der Waals surface area contributed by atoms with E-state index in [4.69, 9.17) is 9.47 Å². The Bertz CT molecular complexity index is 581. The van der Waals surface area contributed by atoms with E-state index in [-0.39, 0.29) is 12.7 Å². The van der Waals surface area contributed by atoms with Gasteiger partial charge in [0.2, 0.25) is 5.91 Å². The van der Waals surface area contributed by atoms with Gasteiger partial charge in [-0.05, 0) is 36.1 Å². The van der Waals surface area contributed by atoms with Gasteiger partial charge in [0.25, 0.3) is 0 Å². The molecule has 0 aliphatic rings. The summed E-state index contributed by atoms with van der Waals surface area (Å²) in [4.78, 5) is 11.9. The van der Waals surface area contributed by atoms with Crippen molar-refractivity contribution in [3.8, 4) is 5.75 Å². The maximum absolute atomic E-state index is 11.9. The monoisotopic (exact) mass is 313 g/mol. The molecule has 0 radical (unpaired) electrons. The van der Waals surface area contributed by atoms with Gasteiger partial charge < -0.3 is 14.8 Å². The highest BCUT2D eigenvalue weighted by atomic mass is 16.7. The third kappa shape index (κ3) is 6.53. The normalized spacial score (nSPS) is 10.3. The van der Waals surface area contributed by atoms with E-state index in [0.29, 0.717) is 13.0 Å². The summed E-state index contributed by atoms with van der Waals surface area (Å²) in [7, 11) is 1.59. The fourth-order valence-corrected chi connectivity index (χ4v) is 2.22. The van der Waals surface area contributed by atoms with E-state index in [1.165, 1.54) is 5.56 Å². The second kappa shape index (κ2) is 9.64. The molecule has 0 aliphatic heterocycles. The molecular weight excluding hydrogens is 290 g/mol. The standard InChI is InChI=1S/C19H23NO3/c1-22-15-23-18-10-7-17(8-11-18)9-12-19(21)20-14-13-16-5-3-2-4-6-16/h2-8,10-11H,9,12-15H2,1H3,(H,20,21). The predicted molar refractivity (Wildman–Crippen MR) is 90.4 cm³/mol. The lowest BCUT2D eigenvalue weighted by Crippen LogP contribution is -2.25. The molecule has 0 atom stereocenters. The molecule has 2 rings (SSSR count). The van der Waals surface area contributed by atoms with Gasteiger partial charge in [-0.1, -0.05) is 42.5 Å². The van der Waals surface area contributed by atoms with E-state index in [2.05, 4.69) is 17.4 Å². The lowest BCUT2D eigenvalue weighted by atomic mass is 10.1. The van der Waals surface area contributed by atoms with Crippen molar-refractivity contribution in [2.75, 3.05) is 20.4 Å². The van der Waals surface area contributed by atoms with Crippen LogP contribution < -0.4 is 10.1 Å². The summed E-state index contributed by atoms with van der Waals surface area (Å²) in [6.07, 6.45) is 2.08. The Balaban J connectivity index is 1.65. The third-order valence-corrected chi connectivity index (χ3v) is 3.49. The number of amides is 1. The molecule has 122 valence electrons. The Morgan fingerprint density at radius 1 is 0.957 bits per heavy atom. The van der Waals surface area contributed by atoms with Gasteiger partial charge in [0, 0.05) is 20.1 Å². The van der Waals surface area contributed by atoms with Gasteiger partial charge >= 0.3 is 0 Å². The summed E-state index contributed by atoms with van der Waals surface area (Å²) < 4.78 is 10.2. The number of aryl methyl sites for hydroxylation is 1. The van der Waals surface area contributed by atoms with Crippen molar-refractivity contribution in [1.82, 2.24) is 5.32 Å². The van der Waals surface area contributed by atoms with E-state index in [0.717, 1.165) is 24.2 Å². The lowest BCUT2D eigenvalue weighted by molar-refractivity contribution is -0.121. The lowest BCUT2D eigenvalue weighted by Gasteiger charge is -2.07. The van der Waals surface area contributed by atoms with Crippen LogP contribution in [-0.4, -0.2) is 26.4 Å². The number of hydrogen-bond acceptors (Lipinski definition) is 3. The average molecular weight is 313 g/mol. The first kappa shape index (κ1) is 17.0. The SMILES string of the molecule is COCOc1ccc(CCC(=O)NCCc2ccccc2)cc1. The highest BCUT2D eigenvalue weighted by Crippen LogP contribution is 2.13. The van der Waals surface area contributed by atoms with Gasteiger partial charge in [-0.3, -0.25) is 4.79 Å². The topological polar surface area (TPSA) is 47.6 Å². The van der Waals surface area contributed by atoms with Crippen molar-refractivity contribution in [2.24, 2.45) is 0 Å². The number of carbonyl (C=O) groups excluding carboxylic acids is 1. The number of carbonyl (C=O) groups is 1. The second-order valence-corrected chi connectivity index (χ2v) is 5.28. The summed E-state index contributed by atoms with van der Waals surface area (Å²) in [5, 5.41) is 2.96. The van der Waals surface area contributed by atoms with E-state index < -0.39 is 0 Å². The van der Waals surface area contributed by atoms with Crippen LogP contribution in [0, 0.1) is 0 Å². The number of rotatable bonds is 9. The number of methoxy groups -OCH3 is 1. The van der Waals surface area contributed by atoms with Crippen molar-refractivity contribution in [2.45, 2.75) is 19.3 Å². The van der Waals surface area contributed by atoms with Crippen LogP contribution >= 0.6 is 0 Å². The summed E-state index contributed by atoms with van der Waals surface area (Å²) >= 11 is 0. The minimum absolute atomic E-state index is 0.0839. The summed E-state index contributed by atoms with van der Waals surface area (Å²) in [6.45, 7) is 0.913. The molecule has 0 saturated heterocycles. The third-order valence-electron chi connectivity index (χ3n) is 3.49. The Morgan fingerprint density at radius 2 is 1.65 bits per heavy atom. The molecule has 1 amide bonds. The van der Waals surface area contributed by atoms with Crippen molar-refractivity contribution in [3.63, 3.8) is 0 Å². The number of hydrogen-bond donors (Lipinski definition) is 1. The summed E-state index contributed by atoms with van der Waals surface area (Å²) in [5.74, 6) is 0.851. The molecule has 23 heavy (non-hydrogen) atoms. The minimum Gasteiger partial charge on any atom is -0.468 e. The van der Waals surface area contributed by atoms with Crippen LogP contribution in [0.25, 0.3) is 0 Å². The quantitative estimate of drug-likeness (QED) is 0.724. The molecular formula is C19H23NO3. The molecule has 0 bridgehead atoms. The molecule has 0 fully saturated rings. The fraction of sp³-hybridized carbons (Fsp3) is 0.316. The van der Waals surface area contributed by atoms with Crippen LogP contribution in [0.5, 0.6) is 5.75 Å².